The summed E-state index contributed by atoms with van der Waals surface area (Å²) in [5, 5.41) is 3.35. The Kier molecular flexibility index (Phi) is 3.78. The molecule has 1 unspecified atom stereocenters. The zero-order valence-electron chi connectivity index (χ0n) is 10.8. The molecule has 1 N–H and O–H groups in total. The van der Waals surface area contributed by atoms with Crippen LogP contribution in [0.15, 0.2) is 12.4 Å². The van der Waals surface area contributed by atoms with Gasteiger partial charge in [-0.05, 0) is 19.9 Å². The third kappa shape index (κ3) is 2.85. The highest BCUT2D eigenvalue weighted by molar-refractivity contribution is 5.49. The number of anilines is 2. The van der Waals surface area contributed by atoms with Crippen LogP contribution in [0.2, 0.25) is 0 Å². The highest BCUT2D eigenvalue weighted by atomic mass is 15.2. The Hall–Kier alpha value is -1.36. The molecule has 0 bridgehead atoms. The monoisotopic (exact) mass is 235 g/mol. The van der Waals surface area contributed by atoms with Gasteiger partial charge in [0, 0.05) is 39.3 Å². The van der Waals surface area contributed by atoms with Crippen molar-refractivity contribution in [1.82, 2.24) is 15.3 Å². The van der Waals surface area contributed by atoms with E-state index in [-0.39, 0.29) is 0 Å². The van der Waals surface area contributed by atoms with Crippen molar-refractivity contribution in [2.24, 2.45) is 0 Å². The number of hydrogen-bond acceptors (Lipinski definition) is 5. The Balaban J connectivity index is 2.13. The van der Waals surface area contributed by atoms with Crippen LogP contribution >= 0.6 is 0 Å². The van der Waals surface area contributed by atoms with Crippen LogP contribution in [0.3, 0.4) is 0 Å². The minimum atomic E-state index is 0.571. The number of likely N-dealkylation sites (N-methyl/N-ethyl adjacent to an activating group) is 1. The molecule has 0 spiro atoms. The van der Waals surface area contributed by atoms with Gasteiger partial charge in [0.15, 0.2) is 0 Å². The summed E-state index contributed by atoms with van der Waals surface area (Å²) >= 11 is 0. The van der Waals surface area contributed by atoms with Gasteiger partial charge < -0.3 is 15.1 Å². The molecule has 5 nitrogen and oxygen atoms in total. The summed E-state index contributed by atoms with van der Waals surface area (Å²) in [5.74, 6) is 1.99. The van der Waals surface area contributed by atoms with Crippen molar-refractivity contribution in [1.29, 1.82) is 0 Å². The Labute approximate surface area is 103 Å². The van der Waals surface area contributed by atoms with E-state index < -0.39 is 0 Å². The normalized spacial score (nSPS) is 20.4. The summed E-state index contributed by atoms with van der Waals surface area (Å²) in [6.07, 6.45) is 4.11. The standard InChI is InChI=1S/C12H21N5/c1-13-10-5-4-6-17(8-10)12-7-11(16(2)3)14-9-15-12/h7,9-10,13H,4-6,8H2,1-3H3. The molecule has 0 aromatic carbocycles. The van der Waals surface area contributed by atoms with Gasteiger partial charge in [0.25, 0.3) is 0 Å². The summed E-state index contributed by atoms with van der Waals surface area (Å²) < 4.78 is 0. The molecular weight excluding hydrogens is 214 g/mol. The third-order valence-corrected chi connectivity index (χ3v) is 3.25. The van der Waals surface area contributed by atoms with Gasteiger partial charge in [-0.15, -0.1) is 0 Å². The van der Waals surface area contributed by atoms with Gasteiger partial charge in [-0.25, -0.2) is 9.97 Å². The predicted molar refractivity (Wildman–Crippen MR) is 70.7 cm³/mol. The second-order valence-corrected chi connectivity index (χ2v) is 4.70. The fourth-order valence-electron chi connectivity index (χ4n) is 2.18. The summed E-state index contributed by atoms with van der Waals surface area (Å²) in [6, 6.07) is 2.62. The van der Waals surface area contributed by atoms with Crippen molar-refractivity contribution in [2.75, 3.05) is 44.0 Å². The molecule has 0 amide bonds. The second-order valence-electron chi connectivity index (χ2n) is 4.70. The third-order valence-electron chi connectivity index (χ3n) is 3.25. The number of aromatic nitrogens is 2. The fourth-order valence-corrected chi connectivity index (χ4v) is 2.18. The average Bonchev–Trinajstić information content (AvgIpc) is 2.39. The zero-order valence-corrected chi connectivity index (χ0v) is 10.8. The van der Waals surface area contributed by atoms with E-state index >= 15 is 0 Å². The van der Waals surface area contributed by atoms with Crippen LogP contribution < -0.4 is 15.1 Å². The SMILES string of the molecule is CNC1CCCN(c2cc(N(C)C)ncn2)C1. The maximum absolute atomic E-state index is 4.37. The highest BCUT2D eigenvalue weighted by Gasteiger charge is 2.19. The molecule has 2 rings (SSSR count). The molecule has 1 fully saturated rings. The molecule has 5 heteroatoms. The van der Waals surface area contributed by atoms with Gasteiger partial charge >= 0.3 is 0 Å². The molecule has 1 aliphatic heterocycles. The topological polar surface area (TPSA) is 44.3 Å². The summed E-state index contributed by atoms with van der Waals surface area (Å²) in [5.41, 5.74) is 0. The molecule has 1 aromatic rings. The van der Waals surface area contributed by atoms with Crippen LogP contribution in [0.25, 0.3) is 0 Å². The van der Waals surface area contributed by atoms with Crippen LogP contribution in [0.4, 0.5) is 11.6 Å². The first-order chi connectivity index (χ1) is 8.20. The number of nitrogens with zero attached hydrogens (tertiary/aromatic N) is 4. The summed E-state index contributed by atoms with van der Waals surface area (Å²) in [7, 11) is 6.02. The smallest absolute Gasteiger partial charge is 0.134 e. The van der Waals surface area contributed by atoms with E-state index in [0.717, 1.165) is 24.7 Å². The minimum absolute atomic E-state index is 0.571. The van der Waals surface area contributed by atoms with Crippen LogP contribution in [0.5, 0.6) is 0 Å². The highest BCUT2D eigenvalue weighted by Crippen LogP contribution is 2.20. The summed E-state index contributed by atoms with van der Waals surface area (Å²) in [4.78, 5) is 13.0. The number of rotatable bonds is 3. The second kappa shape index (κ2) is 5.31. The maximum Gasteiger partial charge on any atom is 0.134 e. The lowest BCUT2D eigenvalue weighted by molar-refractivity contribution is 0.447. The summed E-state index contributed by atoms with van der Waals surface area (Å²) in [6.45, 7) is 2.11. The Morgan fingerprint density at radius 2 is 2.24 bits per heavy atom. The van der Waals surface area contributed by atoms with E-state index in [9.17, 15) is 0 Å². The zero-order chi connectivity index (χ0) is 12.3. The number of piperidine rings is 1. The molecule has 17 heavy (non-hydrogen) atoms. The maximum atomic E-state index is 4.37. The molecular formula is C12H21N5. The lowest BCUT2D eigenvalue weighted by Gasteiger charge is -2.33. The van der Waals surface area contributed by atoms with Gasteiger partial charge in [-0.2, -0.15) is 0 Å². The molecule has 1 atom stereocenters. The van der Waals surface area contributed by atoms with Gasteiger partial charge in [-0.1, -0.05) is 0 Å². The van der Waals surface area contributed by atoms with Gasteiger partial charge in [0.05, 0.1) is 0 Å². The molecule has 1 aromatic heterocycles. The van der Waals surface area contributed by atoms with Crippen molar-refractivity contribution >= 4 is 11.6 Å². The number of nitrogens with one attached hydrogen (secondary N) is 1. The van der Waals surface area contributed by atoms with E-state index in [1.165, 1.54) is 12.8 Å². The quantitative estimate of drug-likeness (QED) is 0.837. The first-order valence-electron chi connectivity index (χ1n) is 6.12. The molecule has 0 radical (unpaired) electrons. The Bertz CT molecular complexity index is 366. The number of hydrogen-bond donors (Lipinski definition) is 1. The Morgan fingerprint density at radius 1 is 1.41 bits per heavy atom. The van der Waals surface area contributed by atoms with E-state index in [1.54, 1.807) is 6.33 Å². The van der Waals surface area contributed by atoms with Crippen molar-refractivity contribution < 1.29 is 0 Å². The van der Waals surface area contributed by atoms with Crippen molar-refractivity contribution in [3.8, 4) is 0 Å². The molecule has 2 heterocycles. The predicted octanol–water partition coefficient (Wildman–Crippen LogP) is 0.731. The minimum Gasteiger partial charge on any atom is -0.363 e. The molecule has 1 aliphatic rings. The molecule has 1 saturated heterocycles. The van der Waals surface area contributed by atoms with Crippen LogP contribution in [0, 0.1) is 0 Å². The van der Waals surface area contributed by atoms with Crippen LogP contribution in [-0.4, -0.2) is 50.2 Å². The van der Waals surface area contributed by atoms with E-state index in [4.69, 9.17) is 0 Å². The largest absolute Gasteiger partial charge is 0.363 e. The first kappa shape index (κ1) is 12.1. The van der Waals surface area contributed by atoms with Gasteiger partial charge in [-0.3, -0.25) is 0 Å². The molecule has 94 valence electrons. The van der Waals surface area contributed by atoms with Crippen LogP contribution in [-0.2, 0) is 0 Å². The van der Waals surface area contributed by atoms with Gasteiger partial charge in [0.2, 0.25) is 0 Å². The first-order valence-corrected chi connectivity index (χ1v) is 6.12. The lowest BCUT2D eigenvalue weighted by atomic mass is 10.1. The van der Waals surface area contributed by atoms with E-state index in [0.29, 0.717) is 6.04 Å². The van der Waals surface area contributed by atoms with E-state index in [1.807, 2.05) is 26.0 Å². The van der Waals surface area contributed by atoms with Crippen molar-refractivity contribution in [3.63, 3.8) is 0 Å². The molecule has 0 aliphatic carbocycles. The van der Waals surface area contributed by atoms with E-state index in [2.05, 4.69) is 26.3 Å². The lowest BCUT2D eigenvalue weighted by Crippen LogP contribution is -2.44. The van der Waals surface area contributed by atoms with Crippen LogP contribution in [0.1, 0.15) is 12.8 Å². The van der Waals surface area contributed by atoms with Crippen molar-refractivity contribution in [3.05, 3.63) is 12.4 Å². The Morgan fingerprint density at radius 3 is 2.94 bits per heavy atom. The fraction of sp³-hybridized carbons (Fsp3) is 0.667. The van der Waals surface area contributed by atoms with Crippen molar-refractivity contribution in [2.45, 2.75) is 18.9 Å². The molecule has 0 saturated carbocycles. The van der Waals surface area contributed by atoms with Gasteiger partial charge in [0.1, 0.15) is 18.0 Å². The average molecular weight is 235 g/mol.